The van der Waals surface area contributed by atoms with Crippen molar-refractivity contribution in [1.82, 2.24) is 0 Å². The number of carbonyl (C=O) groups excluding carboxylic acids is 3. The highest BCUT2D eigenvalue weighted by molar-refractivity contribution is 5.90. The van der Waals surface area contributed by atoms with Gasteiger partial charge in [0.05, 0.1) is 82.8 Å². The van der Waals surface area contributed by atoms with Gasteiger partial charge in [-0.1, -0.05) is 60.7 Å². The molecule has 15 heteroatoms. The second-order valence-corrected chi connectivity index (χ2v) is 14.7. The molecule has 0 bridgehead atoms. The summed E-state index contributed by atoms with van der Waals surface area (Å²) in [6.07, 6.45) is -2.04. The molecule has 4 fully saturated rings. The molecule has 60 heavy (non-hydrogen) atoms. The first-order valence-electron chi connectivity index (χ1n) is 19.8. The van der Waals surface area contributed by atoms with E-state index in [9.17, 15) is 14.4 Å². The molecular weight excluding hydrogens is 780 g/mol. The normalized spacial score (nSPS) is 20.7. The van der Waals surface area contributed by atoms with Crippen molar-refractivity contribution in [2.75, 3.05) is 52.9 Å². The lowest BCUT2D eigenvalue weighted by Crippen LogP contribution is -2.42. The Morgan fingerprint density at radius 3 is 0.933 bits per heavy atom. The van der Waals surface area contributed by atoms with Crippen LogP contribution >= 0.6 is 0 Å². The SMILES string of the molecule is O=C(OCC1CO1)c1ccc(COC(OCc2ccc(COCC3CO3)cc2)(OCc2ccc(C(=O)OCC3CO3)cc2)OCc2ccc(C(=O)OCC3CO3)cc2)cc1. The van der Waals surface area contributed by atoms with Crippen LogP contribution in [-0.2, 0) is 89.9 Å². The molecule has 4 atom stereocenters. The Kier molecular flexibility index (Phi) is 13.9. The van der Waals surface area contributed by atoms with Crippen LogP contribution < -0.4 is 0 Å². The lowest BCUT2D eigenvalue weighted by atomic mass is 10.1. The number of rotatable bonds is 25. The van der Waals surface area contributed by atoms with Gasteiger partial charge in [0.1, 0.15) is 44.2 Å². The maximum atomic E-state index is 12.6. The Balaban J connectivity index is 0.983. The number of esters is 3. The van der Waals surface area contributed by atoms with Gasteiger partial charge in [0.25, 0.3) is 0 Å². The summed E-state index contributed by atoms with van der Waals surface area (Å²) in [5, 5.41) is 0. The van der Waals surface area contributed by atoms with Gasteiger partial charge in [0.2, 0.25) is 0 Å². The van der Waals surface area contributed by atoms with E-state index in [0.29, 0.717) is 66.4 Å². The molecule has 0 amide bonds. The summed E-state index contributed by atoms with van der Waals surface area (Å²) >= 11 is 0. The van der Waals surface area contributed by atoms with Gasteiger partial charge in [-0.15, -0.1) is 0 Å². The summed E-state index contributed by atoms with van der Waals surface area (Å²) in [6.45, 7) is 3.98. The molecule has 4 aromatic rings. The Bertz CT molecular complexity index is 1840. The summed E-state index contributed by atoms with van der Waals surface area (Å²) in [7, 11) is 0. The van der Waals surface area contributed by atoms with E-state index in [0.717, 1.165) is 17.7 Å². The first kappa shape index (κ1) is 41.7. The molecule has 4 saturated heterocycles. The predicted octanol–water partition coefficient (Wildman–Crippen LogP) is 5.05. The first-order chi connectivity index (χ1) is 29.3. The highest BCUT2D eigenvalue weighted by Crippen LogP contribution is 2.27. The first-order valence-corrected chi connectivity index (χ1v) is 19.8. The van der Waals surface area contributed by atoms with Gasteiger partial charge in [0.15, 0.2) is 0 Å². The smallest absolute Gasteiger partial charge is 0.414 e. The van der Waals surface area contributed by atoms with Gasteiger partial charge in [0, 0.05) is 0 Å². The van der Waals surface area contributed by atoms with Crippen molar-refractivity contribution in [2.24, 2.45) is 0 Å². The zero-order valence-corrected chi connectivity index (χ0v) is 32.9. The molecule has 15 nitrogen and oxygen atoms in total. The van der Waals surface area contributed by atoms with Gasteiger partial charge >= 0.3 is 24.1 Å². The van der Waals surface area contributed by atoms with Crippen LogP contribution in [0.2, 0.25) is 0 Å². The second kappa shape index (κ2) is 20.0. The molecule has 0 N–H and O–H groups in total. The highest BCUT2D eigenvalue weighted by Gasteiger charge is 2.37. The van der Waals surface area contributed by atoms with Crippen molar-refractivity contribution in [1.29, 1.82) is 0 Å². The van der Waals surface area contributed by atoms with Crippen LogP contribution in [0.4, 0.5) is 0 Å². The third-order valence-electron chi connectivity index (χ3n) is 9.64. The van der Waals surface area contributed by atoms with E-state index in [1.807, 2.05) is 24.3 Å². The molecular formula is C45H46O15. The van der Waals surface area contributed by atoms with E-state index in [-0.39, 0.29) is 70.7 Å². The molecule has 4 aliphatic heterocycles. The zero-order valence-electron chi connectivity index (χ0n) is 32.9. The van der Waals surface area contributed by atoms with E-state index >= 15 is 0 Å². The highest BCUT2D eigenvalue weighted by atomic mass is 17.0. The van der Waals surface area contributed by atoms with E-state index in [2.05, 4.69) is 0 Å². The number of benzene rings is 4. The van der Waals surface area contributed by atoms with Gasteiger partial charge < -0.3 is 37.9 Å². The minimum atomic E-state index is -2.09. The Hall–Kier alpha value is -5.07. The number of hydrogen-bond donors (Lipinski definition) is 0. The molecule has 0 aromatic heterocycles. The van der Waals surface area contributed by atoms with E-state index in [1.54, 1.807) is 72.8 Å². The standard InChI is InChI=1S/C45H46O15/c46-42(54-27-39-24-51-39)35-11-5-32(6-12-35)19-58-45(57-18-31-3-1-30(2-4-31)17-49-22-38-23-50-38,59-20-33-7-13-36(14-8-33)43(47)55-28-40-25-52-40)60-21-34-9-15-37(16-10-34)44(48)56-29-41-26-53-41/h1-16,38-41H,17-29H2. The lowest BCUT2D eigenvalue weighted by Gasteiger charge is -2.32. The molecule has 316 valence electrons. The van der Waals surface area contributed by atoms with Crippen molar-refractivity contribution >= 4 is 17.9 Å². The van der Waals surface area contributed by atoms with Crippen LogP contribution in [0.5, 0.6) is 0 Å². The van der Waals surface area contributed by atoms with E-state index < -0.39 is 24.1 Å². The molecule has 0 spiro atoms. The topological polar surface area (TPSA) is 175 Å². The van der Waals surface area contributed by atoms with Crippen molar-refractivity contribution in [2.45, 2.75) is 63.6 Å². The quantitative estimate of drug-likeness (QED) is 0.0376. The van der Waals surface area contributed by atoms with Gasteiger partial charge in [-0.2, -0.15) is 0 Å². The van der Waals surface area contributed by atoms with Crippen LogP contribution in [0.3, 0.4) is 0 Å². The fourth-order valence-corrected chi connectivity index (χ4v) is 5.60. The number of carbonyl (C=O) groups is 3. The molecule has 8 rings (SSSR count). The Morgan fingerprint density at radius 1 is 0.400 bits per heavy atom. The summed E-state index contributed by atoms with van der Waals surface area (Å²) in [4.78, 5) is 37.7. The molecule has 0 aliphatic carbocycles. The minimum absolute atomic E-state index is 0.0253. The molecule has 4 aliphatic rings. The molecule has 4 unspecified atom stereocenters. The van der Waals surface area contributed by atoms with Crippen molar-refractivity contribution in [3.05, 3.63) is 142 Å². The number of ether oxygens (including phenoxy) is 12. The maximum Gasteiger partial charge on any atom is 0.414 e. The minimum Gasteiger partial charge on any atom is -0.459 e. The Labute approximate surface area is 346 Å². The fraction of sp³-hybridized carbons (Fsp3) is 0.400. The number of hydrogen-bond acceptors (Lipinski definition) is 15. The molecule has 0 saturated carbocycles. The van der Waals surface area contributed by atoms with E-state index in [4.69, 9.17) is 56.8 Å². The summed E-state index contributed by atoms with van der Waals surface area (Å²) < 4.78 is 68.0. The van der Waals surface area contributed by atoms with E-state index in [1.165, 1.54) is 0 Å². The average Bonchev–Trinajstić information content (AvgIpc) is 4.06. The third kappa shape index (κ3) is 13.2. The maximum absolute atomic E-state index is 12.6. The van der Waals surface area contributed by atoms with Crippen molar-refractivity contribution in [3.63, 3.8) is 0 Å². The molecule has 0 radical (unpaired) electrons. The fourth-order valence-electron chi connectivity index (χ4n) is 5.60. The predicted molar refractivity (Wildman–Crippen MR) is 207 cm³/mol. The molecule has 4 heterocycles. The van der Waals surface area contributed by atoms with Gasteiger partial charge in [-0.05, 0) is 64.2 Å². The van der Waals surface area contributed by atoms with Crippen molar-refractivity contribution < 1.29 is 71.2 Å². The monoisotopic (exact) mass is 826 g/mol. The van der Waals surface area contributed by atoms with Crippen LogP contribution in [0.25, 0.3) is 0 Å². The van der Waals surface area contributed by atoms with Gasteiger partial charge in [-0.25, -0.2) is 14.4 Å². The van der Waals surface area contributed by atoms with Crippen LogP contribution in [-0.4, -0.2) is 101 Å². The Morgan fingerprint density at radius 2 is 0.650 bits per heavy atom. The molecule has 4 aromatic carbocycles. The van der Waals surface area contributed by atoms with Gasteiger partial charge in [-0.3, -0.25) is 18.9 Å². The van der Waals surface area contributed by atoms with Crippen LogP contribution in [0.1, 0.15) is 58.9 Å². The zero-order chi connectivity index (χ0) is 41.2. The number of epoxide rings is 4. The largest absolute Gasteiger partial charge is 0.459 e. The summed E-state index contributed by atoms with van der Waals surface area (Å²) in [5.41, 5.74) is 5.01. The lowest BCUT2D eigenvalue weighted by molar-refractivity contribution is -0.513. The van der Waals surface area contributed by atoms with Crippen LogP contribution in [0, 0.1) is 0 Å². The second-order valence-electron chi connectivity index (χ2n) is 14.7. The van der Waals surface area contributed by atoms with Crippen molar-refractivity contribution in [3.8, 4) is 0 Å². The average molecular weight is 827 g/mol. The summed E-state index contributed by atoms with van der Waals surface area (Å²) in [6, 6.07) is 28.1. The summed E-state index contributed by atoms with van der Waals surface area (Å²) in [5.74, 6) is -1.36. The van der Waals surface area contributed by atoms with Crippen LogP contribution in [0.15, 0.2) is 97.1 Å². The third-order valence-corrected chi connectivity index (χ3v) is 9.64.